The Bertz CT molecular complexity index is 354. The molecule has 2 rings (SSSR count). The second-order valence-corrected chi connectivity index (χ2v) is 4.21. The fourth-order valence-corrected chi connectivity index (χ4v) is 1.62. The zero-order valence-electron chi connectivity index (χ0n) is 8.94. The number of carbonyl (C=O) groups excluding carboxylic acids is 1. The lowest BCUT2D eigenvalue weighted by Gasteiger charge is -2.16. The van der Waals surface area contributed by atoms with E-state index in [4.69, 9.17) is 5.73 Å². The molecular formula is C12H16N2O. The van der Waals surface area contributed by atoms with E-state index >= 15 is 0 Å². The summed E-state index contributed by atoms with van der Waals surface area (Å²) in [5.41, 5.74) is 7.48. The summed E-state index contributed by atoms with van der Waals surface area (Å²) in [6.07, 6.45) is 2.12. The number of nitrogen functional groups attached to an aromatic ring is 1. The van der Waals surface area contributed by atoms with E-state index in [0.29, 0.717) is 12.5 Å². The minimum absolute atomic E-state index is 0.270. The fourth-order valence-electron chi connectivity index (χ4n) is 1.62. The van der Waals surface area contributed by atoms with Crippen LogP contribution in [0.5, 0.6) is 0 Å². The molecule has 0 saturated heterocycles. The van der Waals surface area contributed by atoms with Gasteiger partial charge >= 0.3 is 0 Å². The van der Waals surface area contributed by atoms with E-state index in [1.807, 2.05) is 31.3 Å². The molecule has 1 fully saturated rings. The molecule has 3 heteroatoms. The number of anilines is 1. The first-order chi connectivity index (χ1) is 7.16. The highest BCUT2D eigenvalue weighted by Gasteiger charge is 2.31. The van der Waals surface area contributed by atoms with Gasteiger partial charge in [0, 0.05) is 25.2 Å². The maximum Gasteiger partial charge on any atom is 0.225 e. The second-order valence-electron chi connectivity index (χ2n) is 4.21. The third kappa shape index (κ3) is 2.49. The topological polar surface area (TPSA) is 46.3 Å². The molecule has 1 aliphatic carbocycles. The van der Waals surface area contributed by atoms with Gasteiger partial charge in [-0.05, 0) is 30.5 Å². The van der Waals surface area contributed by atoms with Crippen molar-refractivity contribution in [2.75, 3.05) is 12.8 Å². The number of carbonyl (C=O) groups is 1. The number of amides is 1. The molecule has 1 aromatic rings. The highest BCUT2D eigenvalue weighted by atomic mass is 16.2. The lowest BCUT2D eigenvalue weighted by atomic mass is 10.2. The lowest BCUT2D eigenvalue weighted by molar-refractivity contribution is -0.131. The fraction of sp³-hybridized carbons (Fsp3) is 0.417. The monoisotopic (exact) mass is 204 g/mol. The summed E-state index contributed by atoms with van der Waals surface area (Å²) in [4.78, 5) is 13.5. The maximum absolute atomic E-state index is 11.7. The summed E-state index contributed by atoms with van der Waals surface area (Å²) in [6.45, 7) is 0.676. The number of rotatable bonds is 3. The van der Waals surface area contributed by atoms with Gasteiger partial charge in [0.15, 0.2) is 0 Å². The number of hydrogen-bond acceptors (Lipinski definition) is 2. The van der Waals surface area contributed by atoms with Crippen molar-refractivity contribution in [1.29, 1.82) is 0 Å². The molecule has 1 amide bonds. The Morgan fingerprint density at radius 3 is 2.53 bits per heavy atom. The smallest absolute Gasteiger partial charge is 0.225 e. The molecule has 0 aliphatic heterocycles. The van der Waals surface area contributed by atoms with Crippen LogP contribution in [0.25, 0.3) is 0 Å². The van der Waals surface area contributed by atoms with Crippen LogP contribution in [0.3, 0.4) is 0 Å². The van der Waals surface area contributed by atoms with Crippen molar-refractivity contribution in [1.82, 2.24) is 4.90 Å². The minimum atomic E-state index is 0.270. The Morgan fingerprint density at radius 2 is 2.00 bits per heavy atom. The van der Waals surface area contributed by atoms with E-state index in [9.17, 15) is 4.79 Å². The first-order valence-corrected chi connectivity index (χ1v) is 5.26. The van der Waals surface area contributed by atoms with Gasteiger partial charge in [-0.2, -0.15) is 0 Å². The van der Waals surface area contributed by atoms with Crippen molar-refractivity contribution in [3.05, 3.63) is 29.8 Å². The average Bonchev–Trinajstić information content (AvgIpc) is 3.04. The molecule has 0 spiro atoms. The molecule has 0 heterocycles. The number of nitrogens with two attached hydrogens (primary N) is 1. The van der Waals surface area contributed by atoms with Gasteiger partial charge in [-0.25, -0.2) is 0 Å². The summed E-state index contributed by atoms with van der Waals surface area (Å²) >= 11 is 0. The van der Waals surface area contributed by atoms with E-state index in [-0.39, 0.29) is 5.91 Å². The van der Waals surface area contributed by atoms with E-state index in [1.54, 1.807) is 4.90 Å². The summed E-state index contributed by atoms with van der Waals surface area (Å²) < 4.78 is 0. The van der Waals surface area contributed by atoms with Crippen LogP contribution in [-0.4, -0.2) is 17.9 Å². The summed E-state index contributed by atoms with van der Waals surface area (Å²) in [5.74, 6) is 0.565. The standard InChI is InChI=1S/C12H16N2O/c1-14(12(15)10-4-5-10)8-9-2-6-11(13)7-3-9/h2-3,6-7,10H,4-5,8,13H2,1H3. The zero-order chi connectivity index (χ0) is 10.8. The molecule has 0 aromatic heterocycles. The van der Waals surface area contributed by atoms with Crippen molar-refractivity contribution in [2.24, 2.45) is 5.92 Å². The lowest BCUT2D eigenvalue weighted by Crippen LogP contribution is -2.27. The van der Waals surface area contributed by atoms with Crippen LogP contribution in [-0.2, 0) is 11.3 Å². The van der Waals surface area contributed by atoms with Crippen LogP contribution >= 0.6 is 0 Å². The molecule has 1 aromatic carbocycles. The third-order valence-corrected chi connectivity index (χ3v) is 2.70. The Kier molecular flexibility index (Phi) is 2.62. The molecule has 15 heavy (non-hydrogen) atoms. The second kappa shape index (κ2) is 3.93. The SMILES string of the molecule is CN(Cc1ccc(N)cc1)C(=O)C1CC1. The van der Waals surface area contributed by atoms with Crippen LogP contribution in [0.15, 0.2) is 24.3 Å². The van der Waals surface area contributed by atoms with Crippen LogP contribution in [0.1, 0.15) is 18.4 Å². The summed E-state index contributed by atoms with van der Waals surface area (Å²) in [5, 5.41) is 0. The molecule has 2 N–H and O–H groups in total. The largest absolute Gasteiger partial charge is 0.399 e. The number of benzene rings is 1. The predicted molar refractivity (Wildman–Crippen MR) is 60.1 cm³/mol. The molecule has 3 nitrogen and oxygen atoms in total. The van der Waals surface area contributed by atoms with Crippen LogP contribution in [0, 0.1) is 5.92 Å². The van der Waals surface area contributed by atoms with Gasteiger partial charge in [0.05, 0.1) is 0 Å². The van der Waals surface area contributed by atoms with E-state index < -0.39 is 0 Å². The quantitative estimate of drug-likeness (QED) is 0.761. The Balaban J connectivity index is 1.95. The molecule has 0 unspecified atom stereocenters. The average molecular weight is 204 g/mol. The van der Waals surface area contributed by atoms with Crippen molar-refractivity contribution >= 4 is 11.6 Å². The summed E-state index contributed by atoms with van der Waals surface area (Å²) in [7, 11) is 1.86. The molecule has 0 bridgehead atoms. The van der Waals surface area contributed by atoms with E-state index in [1.165, 1.54) is 0 Å². The first kappa shape index (κ1) is 10.0. The molecule has 80 valence electrons. The zero-order valence-corrected chi connectivity index (χ0v) is 8.94. The normalized spacial score (nSPS) is 15.0. The van der Waals surface area contributed by atoms with Gasteiger partial charge in [-0.3, -0.25) is 4.79 Å². The summed E-state index contributed by atoms with van der Waals surface area (Å²) in [6, 6.07) is 7.66. The molecule has 0 radical (unpaired) electrons. The van der Waals surface area contributed by atoms with Crippen LogP contribution in [0.4, 0.5) is 5.69 Å². The van der Waals surface area contributed by atoms with Gasteiger partial charge in [0.2, 0.25) is 5.91 Å². The van der Waals surface area contributed by atoms with Crippen molar-refractivity contribution in [3.8, 4) is 0 Å². The van der Waals surface area contributed by atoms with Crippen LogP contribution < -0.4 is 5.73 Å². The molecule has 0 atom stereocenters. The Morgan fingerprint density at radius 1 is 1.40 bits per heavy atom. The van der Waals surface area contributed by atoms with Crippen molar-refractivity contribution in [3.63, 3.8) is 0 Å². The third-order valence-electron chi connectivity index (χ3n) is 2.70. The van der Waals surface area contributed by atoms with Gasteiger partial charge < -0.3 is 10.6 Å². The molecular weight excluding hydrogens is 188 g/mol. The predicted octanol–water partition coefficient (Wildman–Crippen LogP) is 1.64. The maximum atomic E-state index is 11.7. The van der Waals surface area contributed by atoms with Gasteiger partial charge in [0.1, 0.15) is 0 Å². The van der Waals surface area contributed by atoms with Gasteiger partial charge in [0.25, 0.3) is 0 Å². The Hall–Kier alpha value is -1.51. The number of nitrogens with zero attached hydrogens (tertiary/aromatic N) is 1. The minimum Gasteiger partial charge on any atom is -0.399 e. The molecule has 1 saturated carbocycles. The highest BCUT2D eigenvalue weighted by Crippen LogP contribution is 2.30. The molecule has 1 aliphatic rings. The van der Waals surface area contributed by atoms with Crippen molar-refractivity contribution in [2.45, 2.75) is 19.4 Å². The van der Waals surface area contributed by atoms with E-state index in [0.717, 1.165) is 24.1 Å². The van der Waals surface area contributed by atoms with E-state index in [2.05, 4.69) is 0 Å². The van der Waals surface area contributed by atoms with Crippen LogP contribution in [0.2, 0.25) is 0 Å². The first-order valence-electron chi connectivity index (χ1n) is 5.26. The Labute approximate surface area is 89.9 Å². The van der Waals surface area contributed by atoms with Gasteiger partial charge in [-0.15, -0.1) is 0 Å². The van der Waals surface area contributed by atoms with Crippen molar-refractivity contribution < 1.29 is 4.79 Å². The number of hydrogen-bond donors (Lipinski definition) is 1. The highest BCUT2D eigenvalue weighted by molar-refractivity contribution is 5.80. The van der Waals surface area contributed by atoms with Gasteiger partial charge in [-0.1, -0.05) is 12.1 Å².